The van der Waals surface area contributed by atoms with Crippen LogP contribution in [-0.2, 0) is 38.0 Å². The number of rotatable bonds is 13. The van der Waals surface area contributed by atoms with Crippen LogP contribution in [0.2, 0.25) is 0 Å². The maximum atomic E-state index is 11.8. The number of carbonyl (C=O) groups excluding carboxylic acids is 2. The maximum absolute atomic E-state index is 11.8. The first-order valence-corrected chi connectivity index (χ1v) is 27.4. The Hall–Kier alpha value is -5.67. The number of carboxylic acid groups (broad SMARTS) is 1. The van der Waals surface area contributed by atoms with Gasteiger partial charge in [0.1, 0.15) is 16.7 Å². The number of thiophene rings is 3. The smallest absolute Gasteiger partial charge is 0.351 e. The number of esters is 2. The van der Waals surface area contributed by atoms with Crippen LogP contribution in [0.25, 0.3) is 30.8 Å². The molecule has 0 atom stereocenters. The molecule has 398 valence electrons. The van der Waals surface area contributed by atoms with Crippen LogP contribution < -0.4 is 32.0 Å². The number of aromatic carboxylic acids is 1. The van der Waals surface area contributed by atoms with Crippen molar-refractivity contribution in [2.75, 3.05) is 116 Å². The van der Waals surface area contributed by atoms with Crippen LogP contribution in [0.1, 0.15) is 69.6 Å². The average Bonchev–Trinajstić information content (AvgIpc) is 4.12. The standard InChI is InChI=1S/C16H19NO5S.C15H17NO5S.C10H9NO4S.C7H14O4S/c1-17(9-10-3-5-21-6-4-10)14-8-12-13(23-14)7-11(15(18)20-2)16(19)22-12;1-16(8-9-2-4-20-5-3-9)13-7-11-12(22-13)6-10(14(17)18)15(19)21-11;1-11-8-4-6-7(16-8)3-5(9(12)14-2)10(13)15-6;1-12(8,9)11-6-7-2-4-10-5-3-7/h7-8,10H,3-6,9H2,1-2H3;6-7,9H,2-5,8H2,1H3,(H,17,18);3-4,11H,1-2H3;7H,2-6H2,1H3. The van der Waals surface area contributed by atoms with Crippen molar-refractivity contribution in [3.63, 3.8) is 0 Å². The first-order chi connectivity index (χ1) is 34.9. The Morgan fingerprint density at radius 3 is 1.37 bits per heavy atom. The van der Waals surface area contributed by atoms with Gasteiger partial charge in [-0.25, -0.2) is 28.8 Å². The molecule has 9 heterocycles. The molecular formula is C48H59N3O18S4. The topological polar surface area (TPSA) is 270 Å². The number of carboxylic acids is 1. The Kier molecular flexibility index (Phi) is 20.6. The minimum absolute atomic E-state index is 0.0690. The van der Waals surface area contributed by atoms with Crippen molar-refractivity contribution in [2.24, 2.45) is 17.8 Å². The number of hydrogen-bond donors (Lipinski definition) is 2. The molecule has 6 aromatic rings. The normalized spacial score (nSPS) is 15.5. The van der Waals surface area contributed by atoms with Gasteiger partial charge in [-0.1, -0.05) is 0 Å². The highest BCUT2D eigenvalue weighted by Gasteiger charge is 2.22. The monoisotopic (exact) mass is 1090 g/mol. The Morgan fingerprint density at radius 2 is 0.986 bits per heavy atom. The van der Waals surface area contributed by atoms with E-state index in [2.05, 4.69) is 28.8 Å². The third-order valence-electron chi connectivity index (χ3n) is 11.9. The van der Waals surface area contributed by atoms with Crippen molar-refractivity contribution in [2.45, 2.75) is 38.5 Å². The van der Waals surface area contributed by atoms with Gasteiger partial charge in [0, 0.05) is 92.1 Å². The zero-order valence-corrected chi connectivity index (χ0v) is 44.5. The summed E-state index contributed by atoms with van der Waals surface area (Å²) in [5, 5.41) is 14.8. The third-order valence-corrected chi connectivity index (χ3v) is 15.9. The summed E-state index contributed by atoms with van der Waals surface area (Å²) in [4.78, 5) is 73.0. The second-order valence-corrected chi connectivity index (χ2v) is 22.1. The molecule has 0 amide bonds. The highest BCUT2D eigenvalue weighted by molar-refractivity contribution is 7.86. The molecule has 3 aliphatic heterocycles. The summed E-state index contributed by atoms with van der Waals surface area (Å²) in [7, 11) is 4.99. The van der Waals surface area contributed by atoms with Crippen LogP contribution in [0.5, 0.6) is 0 Å². The van der Waals surface area contributed by atoms with Gasteiger partial charge in [0.2, 0.25) is 0 Å². The van der Waals surface area contributed by atoms with Crippen LogP contribution in [0, 0.1) is 17.8 Å². The van der Waals surface area contributed by atoms with E-state index in [0.717, 1.165) is 122 Å². The minimum atomic E-state index is -3.26. The molecule has 73 heavy (non-hydrogen) atoms. The zero-order valence-electron chi connectivity index (χ0n) is 41.2. The molecule has 0 spiro atoms. The third kappa shape index (κ3) is 16.2. The van der Waals surface area contributed by atoms with E-state index in [-0.39, 0.29) is 16.7 Å². The molecule has 3 saturated heterocycles. The van der Waals surface area contributed by atoms with Crippen LogP contribution in [0.4, 0.5) is 15.0 Å². The van der Waals surface area contributed by atoms with Crippen molar-refractivity contribution in [1.82, 2.24) is 0 Å². The summed E-state index contributed by atoms with van der Waals surface area (Å²) in [6, 6.07) is 9.78. The van der Waals surface area contributed by atoms with Crippen LogP contribution in [0.3, 0.4) is 0 Å². The zero-order chi connectivity index (χ0) is 52.8. The lowest BCUT2D eigenvalue weighted by Gasteiger charge is -2.27. The maximum Gasteiger partial charge on any atom is 0.351 e. The van der Waals surface area contributed by atoms with Crippen molar-refractivity contribution >= 4 is 108 Å². The molecule has 0 aliphatic carbocycles. The average molecular weight is 1090 g/mol. The fraction of sp³-hybridized carbons (Fsp3) is 0.500. The van der Waals surface area contributed by atoms with E-state index < -0.39 is 44.9 Å². The van der Waals surface area contributed by atoms with Crippen molar-refractivity contribution in [3.8, 4) is 0 Å². The molecule has 0 saturated carbocycles. The Labute approximate surface area is 431 Å². The van der Waals surface area contributed by atoms with Gasteiger partial charge in [0.05, 0.1) is 56.2 Å². The molecule has 21 nitrogen and oxygen atoms in total. The number of hydrogen-bond acceptors (Lipinski definition) is 23. The van der Waals surface area contributed by atoms with Gasteiger partial charge < -0.3 is 57.2 Å². The summed E-state index contributed by atoms with van der Waals surface area (Å²) in [6.07, 6.45) is 7.10. The number of anilines is 3. The fourth-order valence-corrected chi connectivity index (χ4v) is 11.1. The van der Waals surface area contributed by atoms with Gasteiger partial charge in [-0.15, -0.1) is 34.0 Å². The SMILES string of the molecule is CN(CC1CCOCC1)c1cc2oc(=O)c(C(=O)O)cc2s1.CNc1cc2oc(=O)c(C(=O)OC)cc2s1.COC(=O)c1cc2sc(N(C)CC3CCOCC3)cc2oc1=O.CS(=O)(=O)OCC1CCOCC1. The summed E-state index contributed by atoms with van der Waals surface area (Å²) in [6.45, 7) is 6.85. The van der Waals surface area contributed by atoms with Gasteiger partial charge in [0.25, 0.3) is 10.1 Å². The molecule has 6 aromatic heterocycles. The van der Waals surface area contributed by atoms with Crippen molar-refractivity contribution < 1.29 is 69.0 Å². The number of ether oxygens (including phenoxy) is 5. The molecule has 0 unspecified atom stereocenters. The minimum Gasteiger partial charge on any atom is -0.477 e. The predicted molar refractivity (Wildman–Crippen MR) is 278 cm³/mol. The van der Waals surface area contributed by atoms with Crippen molar-refractivity contribution in [3.05, 3.63) is 84.3 Å². The Balaban J connectivity index is 0.000000163. The molecule has 0 aromatic carbocycles. The number of methoxy groups -OCH3 is 2. The van der Waals surface area contributed by atoms with Crippen LogP contribution in [-0.4, -0.2) is 132 Å². The predicted octanol–water partition coefficient (Wildman–Crippen LogP) is 6.99. The fourth-order valence-electron chi connectivity index (χ4n) is 7.81. The summed E-state index contributed by atoms with van der Waals surface area (Å²) in [5.41, 5.74) is -1.23. The highest BCUT2D eigenvalue weighted by Crippen LogP contribution is 2.35. The first kappa shape index (κ1) is 56.6. The van der Waals surface area contributed by atoms with Gasteiger partial charge >= 0.3 is 34.8 Å². The second-order valence-electron chi connectivity index (χ2n) is 17.3. The lowest BCUT2D eigenvalue weighted by Crippen LogP contribution is -2.28. The number of carbonyl (C=O) groups is 3. The van der Waals surface area contributed by atoms with E-state index in [1.54, 1.807) is 25.2 Å². The second kappa shape index (κ2) is 26.5. The van der Waals surface area contributed by atoms with Gasteiger partial charge in [-0.3, -0.25) is 4.18 Å². The molecule has 3 aliphatic rings. The lowest BCUT2D eigenvalue weighted by molar-refractivity contribution is 0.0508. The van der Waals surface area contributed by atoms with E-state index in [0.29, 0.717) is 45.8 Å². The van der Waals surface area contributed by atoms with Gasteiger partial charge in [-0.05, 0) is 74.5 Å². The van der Waals surface area contributed by atoms with Gasteiger partial charge in [-0.2, -0.15) is 8.42 Å². The number of nitrogens with one attached hydrogen (secondary N) is 1. The number of nitrogens with zero attached hydrogens (tertiary/aromatic N) is 2. The van der Waals surface area contributed by atoms with E-state index in [1.807, 2.05) is 20.2 Å². The molecule has 9 rings (SSSR count). The lowest BCUT2D eigenvalue weighted by atomic mass is 10.00. The van der Waals surface area contributed by atoms with E-state index in [4.69, 9.17) is 32.6 Å². The van der Waals surface area contributed by atoms with E-state index in [1.165, 1.54) is 60.4 Å². The molecular weight excluding hydrogens is 1030 g/mol. The van der Waals surface area contributed by atoms with E-state index in [9.17, 15) is 37.2 Å². The first-order valence-electron chi connectivity index (χ1n) is 23.2. The molecule has 0 bridgehead atoms. The largest absolute Gasteiger partial charge is 0.477 e. The molecule has 2 N–H and O–H groups in total. The molecule has 0 radical (unpaired) electrons. The quantitative estimate of drug-likeness (QED) is 0.0871. The molecule has 3 fully saturated rings. The number of fused-ring (bicyclic) bond motifs is 3. The summed E-state index contributed by atoms with van der Waals surface area (Å²) >= 11 is 4.33. The van der Waals surface area contributed by atoms with Gasteiger partial charge in [0.15, 0.2) is 16.7 Å². The highest BCUT2D eigenvalue weighted by atomic mass is 32.2. The Bertz CT molecular complexity index is 3120. The Morgan fingerprint density at radius 1 is 0.616 bits per heavy atom. The van der Waals surface area contributed by atoms with E-state index >= 15 is 0 Å². The van der Waals surface area contributed by atoms with Crippen molar-refractivity contribution in [1.29, 1.82) is 0 Å². The van der Waals surface area contributed by atoms with Crippen LogP contribution in [0.15, 0.2) is 64.0 Å². The summed E-state index contributed by atoms with van der Waals surface area (Å²) < 4.78 is 68.4. The summed E-state index contributed by atoms with van der Waals surface area (Å²) in [5.74, 6) is -1.09. The van der Waals surface area contributed by atoms with Crippen LogP contribution >= 0.6 is 34.0 Å². The molecule has 25 heteroatoms.